The van der Waals surface area contributed by atoms with E-state index in [9.17, 15) is 14.7 Å². The number of hydrogen-bond donors (Lipinski definition) is 1. The Morgan fingerprint density at radius 3 is 1.89 bits per heavy atom. The molecule has 0 bridgehead atoms. The van der Waals surface area contributed by atoms with Crippen molar-refractivity contribution in [1.82, 2.24) is 0 Å². The lowest BCUT2D eigenvalue weighted by Gasteiger charge is -2.20. The molecule has 246 valence electrons. The molecule has 3 rings (SSSR count). The van der Waals surface area contributed by atoms with Gasteiger partial charge in [0, 0.05) is 17.6 Å². The maximum absolute atomic E-state index is 12.1. The molecule has 0 amide bonds. The van der Waals surface area contributed by atoms with E-state index in [1.165, 1.54) is 41.5 Å². The zero-order chi connectivity index (χ0) is 33.5. The quantitative estimate of drug-likeness (QED) is 0.0818. The molecule has 0 aliphatic rings. The highest BCUT2D eigenvalue weighted by molar-refractivity contribution is 5.87. The van der Waals surface area contributed by atoms with Crippen molar-refractivity contribution in [3.05, 3.63) is 101 Å². The lowest BCUT2D eigenvalue weighted by atomic mass is 9.90. The Kier molecular flexibility index (Phi) is 14.8. The van der Waals surface area contributed by atoms with Crippen LogP contribution in [0.25, 0.3) is 22.3 Å². The van der Waals surface area contributed by atoms with Crippen molar-refractivity contribution >= 4 is 11.9 Å². The van der Waals surface area contributed by atoms with Gasteiger partial charge in [-0.15, -0.1) is 0 Å². The van der Waals surface area contributed by atoms with Crippen LogP contribution in [0.2, 0.25) is 0 Å². The number of aryl methyl sites for hydroxylation is 3. The summed E-state index contributed by atoms with van der Waals surface area (Å²) in [5.41, 5.74) is 9.61. The predicted octanol–water partition coefficient (Wildman–Crippen LogP) is 8.40. The first kappa shape index (κ1) is 36.3. The molecule has 3 aromatic rings. The Morgan fingerprint density at radius 1 is 0.674 bits per heavy atom. The fourth-order valence-corrected chi connectivity index (χ4v) is 5.33. The number of rotatable bonds is 19. The Labute approximate surface area is 275 Å². The molecular formula is C40H50O6. The smallest absolute Gasteiger partial charge is 0.333 e. The van der Waals surface area contributed by atoms with E-state index in [0.29, 0.717) is 36.2 Å². The summed E-state index contributed by atoms with van der Waals surface area (Å²) in [6.45, 7) is 15.3. The highest BCUT2D eigenvalue weighted by Gasteiger charge is 2.17. The molecule has 0 heterocycles. The molecule has 0 spiro atoms. The van der Waals surface area contributed by atoms with Gasteiger partial charge in [-0.05, 0) is 103 Å². The molecule has 0 atom stereocenters. The van der Waals surface area contributed by atoms with Gasteiger partial charge in [-0.1, -0.05) is 82.3 Å². The second-order valence-corrected chi connectivity index (χ2v) is 11.8. The van der Waals surface area contributed by atoms with Crippen LogP contribution in [-0.4, -0.2) is 43.5 Å². The molecule has 1 N–H and O–H groups in total. The van der Waals surface area contributed by atoms with Gasteiger partial charge < -0.3 is 19.3 Å². The average molecular weight is 627 g/mol. The Morgan fingerprint density at radius 2 is 1.28 bits per heavy atom. The topological polar surface area (TPSA) is 82.1 Å². The van der Waals surface area contributed by atoms with Crippen molar-refractivity contribution in [3.63, 3.8) is 0 Å². The minimum Gasteiger partial charge on any atom is -0.491 e. The summed E-state index contributed by atoms with van der Waals surface area (Å²) < 4.78 is 16.9. The number of ether oxygens (including phenoxy) is 3. The van der Waals surface area contributed by atoms with Gasteiger partial charge in [-0.25, -0.2) is 9.59 Å². The molecule has 0 saturated carbocycles. The summed E-state index contributed by atoms with van der Waals surface area (Å²) in [5.74, 6) is -0.195. The Bertz CT molecular complexity index is 1480. The first-order valence-corrected chi connectivity index (χ1v) is 16.5. The lowest BCUT2D eigenvalue weighted by molar-refractivity contribution is -0.139. The van der Waals surface area contributed by atoms with Crippen LogP contribution < -0.4 is 4.74 Å². The molecule has 0 radical (unpaired) electrons. The van der Waals surface area contributed by atoms with E-state index in [0.717, 1.165) is 35.1 Å². The molecule has 3 aromatic carbocycles. The monoisotopic (exact) mass is 626 g/mol. The molecule has 0 fully saturated rings. The highest BCUT2D eigenvalue weighted by Crippen LogP contribution is 2.36. The first-order valence-electron chi connectivity index (χ1n) is 16.5. The third kappa shape index (κ3) is 10.7. The second kappa shape index (κ2) is 18.7. The molecular weight excluding hydrogens is 576 g/mol. The Hall–Kier alpha value is -4.16. The Balaban J connectivity index is 1.98. The molecule has 0 aromatic heterocycles. The maximum Gasteiger partial charge on any atom is 0.333 e. The van der Waals surface area contributed by atoms with Gasteiger partial charge in [0.2, 0.25) is 0 Å². The van der Waals surface area contributed by atoms with Crippen LogP contribution in [0.1, 0.15) is 75.6 Å². The number of carbonyl (C=O) groups is 2. The summed E-state index contributed by atoms with van der Waals surface area (Å²) in [6.07, 6.45) is 7.24. The normalized spacial score (nSPS) is 10.8. The number of aliphatic hydroxyl groups is 1. The average Bonchev–Trinajstić information content (AvgIpc) is 3.05. The number of carbonyl (C=O) groups excluding carboxylic acids is 2. The fourth-order valence-electron chi connectivity index (χ4n) is 5.33. The van der Waals surface area contributed by atoms with Gasteiger partial charge in [0.25, 0.3) is 0 Å². The number of hydrogen-bond acceptors (Lipinski definition) is 6. The predicted molar refractivity (Wildman–Crippen MR) is 186 cm³/mol. The van der Waals surface area contributed by atoms with Crippen LogP contribution in [0.4, 0.5) is 0 Å². The second-order valence-electron chi connectivity index (χ2n) is 11.8. The van der Waals surface area contributed by atoms with Gasteiger partial charge in [-0.2, -0.15) is 0 Å². The van der Waals surface area contributed by atoms with Gasteiger partial charge >= 0.3 is 11.9 Å². The zero-order valence-corrected chi connectivity index (χ0v) is 28.1. The van der Waals surface area contributed by atoms with Gasteiger partial charge in [-0.3, -0.25) is 0 Å². The third-order valence-electron chi connectivity index (χ3n) is 7.86. The van der Waals surface area contributed by atoms with E-state index in [1.54, 1.807) is 13.8 Å². The largest absolute Gasteiger partial charge is 0.491 e. The summed E-state index contributed by atoms with van der Waals surface area (Å²) in [5, 5.41) is 9.56. The molecule has 0 aliphatic heterocycles. The van der Waals surface area contributed by atoms with Crippen molar-refractivity contribution in [2.75, 3.05) is 26.4 Å². The molecule has 0 unspecified atom stereocenters. The summed E-state index contributed by atoms with van der Waals surface area (Å²) >= 11 is 0. The van der Waals surface area contributed by atoms with Crippen molar-refractivity contribution < 1.29 is 28.9 Å². The standard InChI is InChI=1S/C40H50O6/c1-7-9-10-12-30-14-16-32(17-15-30)33-18-19-37(31(8-2)25-33)36-26-34(13-11-22-45-39(42)28(3)4)38(44-24-21-41)35(27-36)20-23-46-40(43)29(5)6/h14-19,25-27,41H,3,5,7-13,20-24H2,1-2,4,6H3. The number of esters is 2. The number of benzene rings is 3. The van der Waals surface area contributed by atoms with E-state index in [4.69, 9.17) is 14.2 Å². The van der Waals surface area contributed by atoms with Crippen molar-refractivity contribution in [2.45, 2.75) is 79.1 Å². The van der Waals surface area contributed by atoms with Crippen LogP contribution >= 0.6 is 0 Å². The number of aliphatic hydroxyl groups excluding tert-OH is 1. The molecule has 6 heteroatoms. The van der Waals surface area contributed by atoms with E-state index >= 15 is 0 Å². The van der Waals surface area contributed by atoms with Crippen LogP contribution in [0.15, 0.2) is 78.9 Å². The molecule has 0 aliphatic carbocycles. The summed E-state index contributed by atoms with van der Waals surface area (Å²) in [7, 11) is 0. The van der Waals surface area contributed by atoms with Crippen LogP contribution in [0.3, 0.4) is 0 Å². The highest BCUT2D eigenvalue weighted by atomic mass is 16.5. The lowest BCUT2D eigenvalue weighted by Crippen LogP contribution is -2.12. The molecule has 0 saturated heterocycles. The third-order valence-corrected chi connectivity index (χ3v) is 7.86. The summed E-state index contributed by atoms with van der Waals surface area (Å²) in [4.78, 5) is 24.0. The van der Waals surface area contributed by atoms with Crippen molar-refractivity contribution in [2.24, 2.45) is 0 Å². The van der Waals surface area contributed by atoms with Gasteiger partial charge in [0.05, 0.1) is 19.8 Å². The van der Waals surface area contributed by atoms with Crippen LogP contribution in [0.5, 0.6) is 5.75 Å². The van der Waals surface area contributed by atoms with Crippen molar-refractivity contribution in [1.29, 1.82) is 0 Å². The first-order chi connectivity index (χ1) is 22.2. The fraction of sp³-hybridized carbons (Fsp3) is 0.400. The van der Waals surface area contributed by atoms with E-state index in [1.807, 2.05) is 0 Å². The van der Waals surface area contributed by atoms with E-state index < -0.39 is 11.9 Å². The van der Waals surface area contributed by atoms with Crippen LogP contribution in [-0.2, 0) is 44.7 Å². The SMILES string of the molecule is C=C(C)C(=O)OCCCc1cc(-c2ccc(-c3ccc(CCCCC)cc3)cc2CC)cc(CCOC(=O)C(=C)C)c1OCCO. The van der Waals surface area contributed by atoms with Gasteiger partial charge in [0.15, 0.2) is 0 Å². The molecule has 6 nitrogen and oxygen atoms in total. The maximum atomic E-state index is 12.1. The van der Waals surface area contributed by atoms with Gasteiger partial charge in [0.1, 0.15) is 12.4 Å². The van der Waals surface area contributed by atoms with Crippen molar-refractivity contribution in [3.8, 4) is 28.0 Å². The van der Waals surface area contributed by atoms with E-state index in [-0.39, 0.29) is 26.4 Å². The van der Waals surface area contributed by atoms with E-state index in [2.05, 4.69) is 81.6 Å². The zero-order valence-electron chi connectivity index (χ0n) is 28.1. The molecule has 46 heavy (non-hydrogen) atoms. The summed E-state index contributed by atoms with van der Waals surface area (Å²) in [6, 6.07) is 19.7. The van der Waals surface area contributed by atoms with Crippen LogP contribution in [0, 0.1) is 0 Å². The minimum atomic E-state index is -0.439. The minimum absolute atomic E-state index is 0.127. The number of unbranched alkanes of at least 4 members (excludes halogenated alkanes) is 2.